The van der Waals surface area contributed by atoms with Crippen LogP contribution in [-0.2, 0) is 11.3 Å². The van der Waals surface area contributed by atoms with Crippen molar-refractivity contribution < 1.29 is 26.4 Å². The second kappa shape index (κ2) is 9.31. The predicted octanol–water partition coefficient (Wildman–Crippen LogP) is 0.578. The molecule has 0 N–H and O–H groups in total. The maximum Gasteiger partial charge on any atom is 0.204 e. The number of halogens is 2. The van der Waals surface area contributed by atoms with E-state index in [4.69, 9.17) is 21.4 Å². The maximum absolute atomic E-state index is 6.14. The number of benzene rings is 2. The van der Waals surface area contributed by atoms with Gasteiger partial charge in [0, 0.05) is 34.8 Å². The van der Waals surface area contributed by atoms with Crippen molar-refractivity contribution >= 4 is 17.4 Å². The van der Waals surface area contributed by atoms with Gasteiger partial charge in [-0.15, -0.1) is 0 Å². The van der Waals surface area contributed by atoms with Crippen molar-refractivity contribution in [2.24, 2.45) is 0 Å². The van der Waals surface area contributed by atoms with Gasteiger partial charge < -0.3 is 26.6 Å². The fraction of sp³-hybridized carbons (Fsp3) is 0.238. The lowest BCUT2D eigenvalue weighted by molar-refractivity contribution is -0.744. The average Bonchev–Trinajstić information content (AvgIpc) is 2.69. The van der Waals surface area contributed by atoms with Gasteiger partial charge in [-0.1, -0.05) is 58.7 Å². The van der Waals surface area contributed by atoms with Gasteiger partial charge in [0.25, 0.3) is 0 Å². The van der Waals surface area contributed by atoms with E-state index in [0.717, 1.165) is 48.3 Å². The van der Waals surface area contributed by atoms with Crippen molar-refractivity contribution in [3.05, 3.63) is 77.4 Å². The average molecular weight is 447 g/mol. The molecule has 140 valence electrons. The lowest BCUT2D eigenvalue weighted by Crippen LogP contribution is -3.00. The van der Waals surface area contributed by atoms with Crippen LogP contribution in [0.2, 0.25) is 5.02 Å². The first-order valence-electron chi connectivity index (χ1n) is 8.82. The van der Waals surface area contributed by atoms with E-state index in [1.54, 1.807) is 0 Å². The lowest BCUT2D eigenvalue weighted by Gasteiger charge is -2.26. The molecule has 0 amide bonds. The number of ether oxygens (including phenoxy) is 1. The van der Waals surface area contributed by atoms with Gasteiger partial charge in [0.15, 0.2) is 12.4 Å². The topological polar surface area (TPSA) is 29.2 Å². The van der Waals surface area contributed by atoms with Gasteiger partial charge in [-0.25, -0.2) is 0 Å². The van der Waals surface area contributed by atoms with Crippen LogP contribution in [0.4, 0.5) is 5.82 Å². The lowest BCUT2D eigenvalue weighted by atomic mass is 10.1. The van der Waals surface area contributed by atoms with Gasteiger partial charge >= 0.3 is 0 Å². The highest BCUT2D eigenvalue weighted by atomic mass is 79.9. The molecule has 0 radical (unpaired) electrons. The van der Waals surface area contributed by atoms with Crippen LogP contribution in [0.15, 0.2) is 66.9 Å². The molecule has 2 aromatic carbocycles. The summed E-state index contributed by atoms with van der Waals surface area (Å²) in [5.41, 5.74) is 3.47. The summed E-state index contributed by atoms with van der Waals surface area (Å²) >= 11 is 6.14. The monoisotopic (exact) mass is 445 g/mol. The Bertz CT molecular complexity index is 886. The maximum atomic E-state index is 6.14. The molecule has 1 aliphatic heterocycles. The molecule has 0 atom stereocenters. The fourth-order valence-corrected chi connectivity index (χ4v) is 3.38. The summed E-state index contributed by atoms with van der Waals surface area (Å²) < 4.78 is 7.48. The summed E-state index contributed by atoms with van der Waals surface area (Å²) in [4.78, 5) is 2.28. The summed E-state index contributed by atoms with van der Waals surface area (Å²) in [6.45, 7) is 3.89. The van der Waals surface area contributed by atoms with Crippen LogP contribution in [0, 0.1) is 0 Å². The number of morpholine rings is 1. The third-order valence-electron chi connectivity index (χ3n) is 4.48. The molecule has 1 saturated heterocycles. The van der Waals surface area contributed by atoms with Crippen molar-refractivity contribution in [3.63, 3.8) is 0 Å². The minimum atomic E-state index is 0. The van der Waals surface area contributed by atoms with E-state index < -0.39 is 0 Å². The molecule has 0 bridgehead atoms. The number of hydrogen-bond acceptors (Lipinski definition) is 3. The molecule has 0 saturated carbocycles. The Kier molecular flexibility index (Phi) is 6.83. The highest BCUT2D eigenvalue weighted by Crippen LogP contribution is 2.22. The molecule has 1 aliphatic rings. The molecule has 1 aromatic heterocycles. The molecule has 0 spiro atoms. The van der Waals surface area contributed by atoms with Gasteiger partial charge in [0.05, 0.1) is 18.8 Å². The summed E-state index contributed by atoms with van der Waals surface area (Å²) in [5, 5.41) is 5.60. The number of rotatable bonds is 4. The zero-order chi connectivity index (χ0) is 17.8. The quantitative estimate of drug-likeness (QED) is 0.549. The molecule has 3 aromatic rings. The second-order valence-corrected chi connectivity index (χ2v) is 6.82. The molecule has 0 unspecified atom stereocenters. The number of anilines is 1. The molecule has 0 aliphatic carbocycles. The molecule has 2 heterocycles. The first kappa shape index (κ1) is 19.8. The molecule has 1 fully saturated rings. The molecular weight excluding hydrogens is 426 g/mol. The summed E-state index contributed by atoms with van der Waals surface area (Å²) in [6.07, 6.45) is 2.10. The Labute approximate surface area is 175 Å². The van der Waals surface area contributed by atoms with Crippen molar-refractivity contribution in [2.75, 3.05) is 31.2 Å². The SMILES string of the molecule is Clc1cccc(C[n+]2cc(-c3ccccc3)cc(N3CCOCC3)n2)c1.[Br-]. The molecule has 4 nitrogen and oxygen atoms in total. The first-order valence-corrected chi connectivity index (χ1v) is 9.20. The minimum absolute atomic E-state index is 0. The number of nitrogens with zero attached hydrogens (tertiary/aromatic N) is 3. The minimum Gasteiger partial charge on any atom is -1.00 e. The highest BCUT2D eigenvalue weighted by Gasteiger charge is 2.19. The van der Waals surface area contributed by atoms with Crippen molar-refractivity contribution in [1.29, 1.82) is 0 Å². The Morgan fingerprint density at radius 2 is 1.74 bits per heavy atom. The molecule has 6 heteroatoms. The van der Waals surface area contributed by atoms with Gasteiger partial charge in [-0.05, 0) is 17.7 Å². The normalized spacial score (nSPS) is 13.9. The van der Waals surface area contributed by atoms with Crippen LogP contribution in [0.5, 0.6) is 0 Å². The van der Waals surface area contributed by atoms with Crippen LogP contribution in [0.1, 0.15) is 5.56 Å². The van der Waals surface area contributed by atoms with E-state index in [-0.39, 0.29) is 17.0 Å². The Morgan fingerprint density at radius 3 is 2.48 bits per heavy atom. The second-order valence-electron chi connectivity index (χ2n) is 6.38. The summed E-state index contributed by atoms with van der Waals surface area (Å²) in [6, 6.07) is 20.5. The first-order chi connectivity index (χ1) is 12.8. The van der Waals surface area contributed by atoms with Crippen molar-refractivity contribution in [1.82, 2.24) is 5.10 Å². The number of aromatic nitrogens is 2. The third-order valence-corrected chi connectivity index (χ3v) is 4.71. The van der Waals surface area contributed by atoms with Gasteiger partial charge in [-0.3, -0.25) is 0 Å². The Hall–Kier alpha value is -1.95. The van der Waals surface area contributed by atoms with E-state index in [0.29, 0.717) is 6.54 Å². The van der Waals surface area contributed by atoms with E-state index in [2.05, 4.69) is 47.5 Å². The molecular formula is C21H21BrClN3O. The van der Waals surface area contributed by atoms with Crippen LogP contribution < -0.4 is 26.6 Å². The van der Waals surface area contributed by atoms with Crippen LogP contribution in [-0.4, -0.2) is 31.4 Å². The van der Waals surface area contributed by atoms with E-state index in [1.165, 1.54) is 5.56 Å². The Balaban J connectivity index is 0.00000210. The Morgan fingerprint density at radius 1 is 0.963 bits per heavy atom. The largest absolute Gasteiger partial charge is 1.00 e. The molecule has 4 rings (SSSR count). The number of hydrogen-bond donors (Lipinski definition) is 0. The highest BCUT2D eigenvalue weighted by molar-refractivity contribution is 6.30. The van der Waals surface area contributed by atoms with Crippen LogP contribution in [0.3, 0.4) is 0 Å². The van der Waals surface area contributed by atoms with E-state index >= 15 is 0 Å². The summed E-state index contributed by atoms with van der Waals surface area (Å²) in [5.74, 6) is 0.983. The van der Waals surface area contributed by atoms with Crippen LogP contribution >= 0.6 is 11.6 Å². The van der Waals surface area contributed by atoms with Gasteiger partial charge in [-0.2, -0.15) is 0 Å². The van der Waals surface area contributed by atoms with Crippen LogP contribution in [0.25, 0.3) is 11.1 Å². The molecule has 27 heavy (non-hydrogen) atoms. The van der Waals surface area contributed by atoms with E-state index in [1.807, 2.05) is 28.9 Å². The van der Waals surface area contributed by atoms with Crippen molar-refractivity contribution in [2.45, 2.75) is 6.54 Å². The smallest absolute Gasteiger partial charge is 0.204 e. The summed E-state index contributed by atoms with van der Waals surface area (Å²) in [7, 11) is 0. The van der Waals surface area contributed by atoms with Gasteiger partial charge in [0.1, 0.15) is 0 Å². The standard InChI is InChI=1S/C21H21ClN3O.BrH/c22-20-8-4-5-17(13-20)15-25-16-19(18-6-2-1-3-7-18)14-21(23-25)24-9-11-26-12-10-24;/h1-8,13-14,16H,9-12,15H2;1H/q+1;/p-1. The van der Waals surface area contributed by atoms with Gasteiger partial charge in [0.2, 0.25) is 6.20 Å². The zero-order valence-electron chi connectivity index (χ0n) is 14.9. The predicted molar refractivity (Wildman–Crippen MR) is 103 cm³/mol. The zero-order valence-corrected chi connectivity index (χ0v) is 17.2. The third kappa shape index (κ3) is 5.06. The van der Waals surface area contributed by atoms with Crippen molar-refractivity contribution in [3.8, 4) is 11.1 Å². The fourth-order valence-electron chi connectivity index (χ4n) is 3.17. The van der Waals surface area contributed by atoms with E-state index in [9.17, 15) is 0 Å².